The zero-order valence-electron chi connectivity index (χ0n) is 16.2. The van der Waals surface area contributed by atoms with Gasteiger partial charge in [0.2, 0.25) is 0 Å². The van der Waals surface area contributed by atoms with Crippen molar-refractivity contribution >= 4 is 0 Å². The molecule has 6 nitrogen and oxygen atoms in total. The van der Waals surface area contributed by atoms with Gasteiger partial charge in [-0.05, 0) is 43.8 Å². The summed E-state index contributed by atoms with van der Waals surface area (Å²) in [5.74, 6) is 1.45. The van der Waals surface area contributed by atoms with Gasteiger partial charge < -0.3 is 19.5 Å². The van der Waals surface area contributed by atoms with Crippen LogP contribution in [0.4, 0.5) is 0 Å². The smallest absolute Gasteiger partial charge is 0.161 e. The number of benzene rings is 1. The van der Waals surface area contributed by atoms with Crippen LogP contribution in [0.5, 0.6) is 11.5 Å². The van der Waals surface area contributed by atoms with Crippen LogP contribution in [0.15, 0.2) is 18.2 Å². The molecule has 0 aliphatic carbocycles. The second-order valence-corrected chi connectivity index (χ2v) is 7.31. The molecular formula is C20H33N3O3. The van der Waals surface area contributed by atoms with Crippen LogP contribution < -0.4 is 9.47 Å². The summed E-state index contributed by atoms with van der Waals surface area (Å²) in [6, 6.07) is 6.09. The first-order valence-electron chi connectivity index (χ1n) is 9.82. The third kappa shape index (κ3) is 5.33. The first kappa shape index (κ1) is 19.4. The predicted molar refractivity (Wildman–Crippen MR) is 103 cm³/mol. The second kappa shape index (κ2) is 9.55. The van der Waals surface area contributed by atoms with E-state index in [2.05, 4.69) is 27.7 Å². The largest absolute Gasteiger partial charge is 0.493 e. The molecule has 1 N–H and O–H groups in total. The van der Waals surface area contributed by atoms with E-state index in [4.69, 9.17) is 9.47 Å². The van der Waals surface area contributed by atoms with Gasteiger partial charge in [-0.15, -0.1) is 0 Å². The Hall–Kier alpha value is -1.34. The third-order valence-corrected chi connectivity index (χ3v) is 5.40. The van der Waals surface area contributed by atoms with E-state index in [1.54, 1.807) is 7.11 Å². The number of hydrogen-bond acceptors (Lipinski definition) is 6. The van der Waals surface area contributed by atoms with E-state index < -0.39 is 6.10 Å². The number of ether oxygens (including phenoxy) is 2. The van der Waals surface area contributed by atoms with Crippen LogP contribution in [0.1, 0.15) is 18.9 Å². The van der Waals surface area contributed by atoms with Crippen LogP contribution in [0.2, 0.25) is 0 Å². The van der Waals surface area contributed by atoms with Crippen LogP contribution in [0.3, 0.4) is 0 Å². The van der Waals surface area contributed by atoms with E-state index in [0.717, 1.165) is 45.0 Å². The van der Waals surface area contributed by atoms with Gasteiger partial charge in [0.25, 0.3) is 0 Å². The summed E-state index contributed by atoms with van der Waals surface area (Å²) < 4.78 is 11.3. The summed E-state index contributed by atoms with van der Waals surface area (Å²) in [6.07, 6.45) is 0.803. The average molecular weight is 364 g/mol. The minimum absolute atomic E-state index is 0.288. The van der Waals surface area contributed by atoms with Gasteiger partial charge in [0, 0.05) is 39.3 Å². The number of nitrogens with zero attached hydrogens (tertiary/aromatic N) is 3. The monoisotopic (exact) mass is 363 g/mol. The van der Waals surface area contributed by atoms with Crippen molar-refractivity contribution in [3.63, 3.8) is 0 Å². The van der Waals surface area contributed by atoms with E-state index in [-0.39, 0.29) is 6.61 Å². The highest BCUT2D eigenvalue weighted by Crippen LogP contribution is 2.29. The fourth-order valence-corrected chi connectivity index (χ4v) is 3.55. The van der Waals surface area contributed by atoms with E-state index in [1.165, 1.54) is 25.1 Å². The highest BCUT2D eigenvalue weighted by molar-refractivity contribution is 5.43. The molecule has 0 saturated carbocycles. The van der Waals surface area contributed by atoms with Crippen molar-refractivity contribution in [3.8, 4) is 11.5 Å². The molecule has 1 atom stereocenters. The van der Waals surface area contributed by atoms with Gasteiger partial charge in [0.1, 0.15) is 12.7 Å². The maximum atomic E-state index is 10.3. The van der Waals surface area contributed by atoms with Crippen molar-refractivity contribution in [2.75, 3.05) is 66.1 Å². The Morgan fingerprint density at radius 3 is 2.35 bits per heavy atom. The van der Waals surface area contributed by atoms with Gasteiger partial charge in [0.05, 0.1) is 7.11 Å². The van der Waals surface area contributed by atoms with Gasteiger partial charge in [-0.2, -0.15) is 0 Å². The molecule has 0 bridgehead atoms. The first-order valence-corrected chi connectivity index (χ1v) is 9.82. The van der Waals surface area contributed by atoms with Gasteiger partial charge in [-0.1, -0.05) is 13.0 Å². The molecule has 2 fully saturated rings. The van der Waals surface area contributed by atoms with Gasteiger partial charge in [-0.25, -0.2) is 0 Å². The third-order valence-electron chi connectivity index (χ3n) is 5.40. The topological polar surface area (TPSA) is 48.4 Å². The number of likely N-dealkylation sites (N-methyl/N-ethyl adjacent to an activating group) is 1. The number of likely N-dealkylation sites (tertiary alicyclic amines) is 1. The molecule has 2 aliphatic heterocycles. The molecule has 2 saturated heterocycles. The number of piperazine rings is 1. The molecule has 0 unspecified atom stereocenters. The molecule has 2 aliphatic rings. The number of rotatable bonds is 9. The summed E-state index contributed by atoms with van der Waals surface area (Å²) in [7, 11) is 1.67. The summed E-state index contributed by atoms with van der Waals surface area (Å²) in [5, 5.41) is 10.3. The number of aliphatic hydroxyl groups is 1. The van der Waals surface area contributed by atoms with E-state index in [9.17, 15) is 5.11 Å². The zero-order valence-corrected chi connectivity index (χ0v) is 16.2. The van der Waals surface area contributed by atoms with Crippen molar-refractivity contribution in [2.45, 2.75) is 26.0 Å². The number of aliphatic hydroxyl groups excluding tert-OH is 1. The molecule has 3 rings (SSSR count). The molecule has 1 aromatic rings. The van der Waals surface area contributed by atoms with E-state index in [0.29, 0.717) is 12.3 Å². The molecule has 0 radical (unpaired) electrons. The summed E-state index contributed by atoms with van der Waals surface area (Å²) in [4.78, 5) is 7.16. The summed E-state index contributed by atoms with van der Waals surface area (Å²) in [6.45, 7) is 11.8. The average Bonchev–Trinajstić information content (AvgIpc) is 2.64. The Balaban J connectivity index is 1.45. The number of hydrogen-bond donors (Lipinski definition) is 1. The standard InChI is InChI=1S/C20H33N3O3/c1-3-21-9-11-23(12-10-21)15-18(24)16-26-19-6-5-17(13-20(19)25-2)14-22-7-4-8-22/h5-6,13,18,24H,3-4,7-12,14-16H2,1-2H3/t18-/m1/s1. The minimum atomic E-state index is -0.492. The molecular weight excluding hydrogens is 330 g/mol. The van der Waals surface area contributed by atoms with Crippen molar-refractivity contribution < 1.29 is 14.6 Å². The lowest BCUT2D eigenvalue weighted by Gasteiger charge is -2.34. The van der Waals surface area contributed by atoms with Crippen molar-refractivity contribution in [3.05, 3.63) is 23.8 Å². The van der Waals surface area contributed by atoms with E-state index in [1.807, 2.05) is 12.1 Å². The van der Waals surface area contributed by atoms with Gasteiger partial charge in [-0.3, -0.25) is 9.80 Å². The zero-order chi connectivity index (χ0) is 18.4. The number of β-amino-alcohol motifs (C(OH)–C–C–N with tert-alkyl or cyclic N) is 1. The number of methoxy groups -OCH3 is 1. The molecule has 0 spiro atoms. The van der Waals surface area contributed by atoms with Crippen LogP contribution in [-0.4, -0.2) is 92.0 Å². The lowest BCUT2D eigenvalue weighted by Crippen LogP contribution is -2.49. The maximum Gasteiger partial charge on any atom is 0.161 e. The van der Waals surface area contributed by atoms with Crippen LogP contribution in [0, 0.1) is 0 Å². The highest BCUT2D eigenvalue weighted by atomic mass is 16.5. The lowest BCUT2D eigenvalue weighted by molar-refractivity contribution is 0.0464. The van der Waals surface area contributed by atoms with Gasteiger partial charge in [0.15, 0.2) is 11.5 Å². The normalized spacial score (nSPS) is 20.6. The van der Waals surface area contributed by atoms with Crippen molar-refractivity contribution in [1.82, 2.24) is 14.7 Å². The lowest BCUT2D eigenvalue weighted by atomic mass is 10.1. The fourth-order valence-electron chi connectivity index (χ4n) is 3.55. The minimum Gasteiger partial charge on any atom is -0.493 e. The van der Waals surface area contributed by atoms with Crippen LogP contribution >= 0.6 is 0 Å². The van der Waals surface area contributed by atoms with E-state index >= 15 is 0 Å². The Bertz CT molecular complexity index is 557. The highest BCUT2D eigenvalue weighted by Gasteiger charge is 2.19. The Morgan fingerprint density at radius 2 is 1.73 bits per heavy atom. The molecule has 2 heterocycles. The first-order chi connectivity index (χ1) is 12.7. The van der Waals surface area contributed by atoms with Crippen LogP contribution in [-0.2, 0) is 6.54 Å². The molecule has 26 heavy (non-hydrogen) atoms. The second-order valence-electron chi connectivity index (χ2n) is 7.31. The molecule has 1 aromatic carbocycles. The molecule has 0 amide bonds. The molecule has 6 heteroatoms. The Labute approximate surface area is 157 Å². The maximum absolute atomic E-state index is 10.3. The fraction of sp³-hybridized carbons (Fsp3) is 0.700. The summed E-state index contributed by atoms with van der Waals surface area (Å²) >= 11 is 0. The van der Waals surface area contributed by atoms with Crippen LogP contribution in [0.25, 0.3) is 0 Å². The Kier molecular flexibility index (Phi) is 7.14. The Morgan fingerprint density at radius 1 is 1.00 bits per heavy atom. The molecule has 0 aromatic heterocycles. The molecule has 146 valence electrons. The predicted octanol–water partition coefficient (Wildman–Crippen LogP) is 1.28. The van der Waals surface area contributed by atoms with Crippen molar-refractivity contribution in [2.24, 2.45) is 0 Å². The van der Waals surface area contributed by atoms with Gasteiger partial charge >= 0.3 is 0 Å². The summed E-state index contributed by atoms with van der Waals surface area (Å²) in [5.41, 5.74) is 1.24. The quantitative estimate of drug-likeness (QED) is 0.713. The van der Waals surface area contributed by atoms with Crippen molar-refractivity contribution in [1.29, 1.82) is 0 Å². The SMILES string of the molecule is CCN1CCN(C[C@@H](O)COc2ccc(CN3CCC3)cc2OC)CC1.